The summed E-state index contributed by atoms with van der Waals surface area (Å²) in [6.45, 7) is 1.40. The van der Waals surface area contributed by atoms with Crippen LogP contribution in [0.15, 0.2) is 53.4 Å². The number of hydrogen-bond donors (Lipinski definition) is 1. The van der Waals surface area contributed by atoms with Crippen molar-refractivity contribution in [2.24, 2.45) is 0 Å². The molecule has 0 amide bonds. The smallest absolute Gasteiger partial charge is 0.223 e. The molecule has 0 saturated carbocycles. The van der Waals surface area contributed by atoms with E-state index < -0.39 is 0 Å². The van der Waals surface area contributed by atoms with Gasteiger partial charge in [0.2, 0.25) is 5.95 Å². The molecule has 0 atom stereocenters. The van der Waals surface area contributed by atoms with Gasteiger partial charge in [0.15, 0.2) is 0 Å². The van der Waals surface area contributed by atoms with E-state index >= 15 is 0 Å². The maximum atomic E-state index is 4.61. The van der Waals surface area contributed by atoms with Crippen molar-refractivity contribution in [1.82, 2.24) is 25.0 Å². The number of nitrogens with zero attached hydrogens (tertiary/aromatic N) is 5. The van der Waals surface area contributed by atoms with Crippen LogP contribution >= 0.6 is 27.3 Å². The third-order valence-corrected chi connectivity index (χ3v) is 5.63. The van der Waals surface area contributed by atoms with Gasteiger partial charge in [-0.2, -0.15) is 0 Å². The fraction of sp³-hybridized carbons (Fsp3) is 0.125. The first-order valence-electron chi connectivity index (χ1n) is 7.39. The Morgan fingerprint density at radius 2 is 2.17 bits per heavy atom. The zero-order valence-electron chi connectivity index (χ0n) is 12.6. The van der Waals surface area contributed by atoms with Gasteiger partial charge in [0.05, 0.1) is 23.3 Å². The van der Waals surface area contributed by atoms with E-state index in [-0.39, 0.29) is 0 Å². The molecule has 0 saturated heterocycles. The minimum atomic E-state index is 0.615. The van der Waals surface area contributed by atoms with Crippen LogP contribution in [0.2, 0.25) is 0 Å². The number of fused-ring (bicyclic) bond motifs is 1. The van der Waals surface area contributed by atoms with Gasteiger partial charge in [0, 0.05) is 28.1 Å². The van der Waals surface area contributed by atoms with E-state index in [0.29, 0.717) is 19.0 Å². The van der Waals surface area contributed by atoms with Crippen molar-refractivity contribution >= 4 is 43.3 Å². The highest BCUT2D eigenvalue weighted by molar-refractivity contribution is 9.10. The summed E-state index contributed by atoms with van der Waals surface area (Å²) in [5.74, 6) is 0.615. The molecule has 0 fully saturated rings. The molecule has 4 aromatic rings. The summed E-state index contributed by atoms with van der Waals surface area (Å²) in [6, 6.07) is 10.3. The lowest BCUT2D eigenvalue weighted by Gasteiger charge is -2.05. The Kier molecular flexibility index (Phi) is 4.22. The van der Waals surface area contributed by atoms with E-state index in [2.05, 4.69) is 59.7 Å². The minimum Gasteiger partial charge on any atom is -0.352 e. The zero-order valence-corrected chi connectivity index (χ0v) is 15.0. The number of nitrogens with one attached hydrogen (secondary N) is 1. The number of thiophene rings is 1. The van der Waals surface area contributed by atoms with E-state index in [0.717, 1.165) is 15.0 Å². The third kappa shape index (κ3) is 3.15. The predicted octanol–water partition coefficient (Wildman–Crippen LogP) is 3.82. The highest BCUT2D eigenvalue weighted by Gasteiger charge is 2.08. The minimum absolute atomic E-state index is 0.615. The maximum Gasteiger partial charge on any atom is 0.223 e. The Balaban J connectivity index is 1.53. The van der Waals surface area contributed by atoms with Crippen LogP contribution < -0.4 is 5.32 Å². The number of halogens is 1. The molecule has 0 spiro atoms. The van der Waals surface area contributed by atoms with Crippen LogP contribution in [0.25, 0.3) is 20.7 Å². The molecular formula is C16H13BrN6S. The van der Waals surface area contributed by atoms with Gasteiger partial charge in [-0.3, -0.25) is 4.68 Å². The first-order chi connectivity index (χ1) is 11.8. The highest BCUT2D eigenvalue weighted by Crippen LogP contribution is 2.36. The normalized spacial score (nSPS) is 11.0. The molecule has 0 radical (unpaired) electrons. The molecule has 0 aliphatic heterocycles. The average Bonchev–Trinajstić information content (AvgIpc) is 3.25. The van der Waals surface area contributed by atoms with Gasteiger partial charge in [-0.15, -0.1) is 16.4 Å². The lowest BCUT2D eigenvalue weighted by molar-refractivity contribution is 0.607. The van der Waals surface area contributed by atoms with Crippen molar-refractivity contribution in [3.8, 4) is 10.6 Å². The predicted molar refractivity (Wildman–Crippen MR) is 99.1 cm³/mol. The van der Waals surface area contributed by atoms with Gasteiger partial charge in [-0.25, -0.2) is 9.97 Å². The Hall–Kier alpha value is -2.32. The van der Waals surface area contributed by atoms with Crippen LogP contribution in [-0.4, -0.2) is 31.5 Å². The summed E-state index contributed by atoms with van der Waals surface area (Å²) in [5.41, 5.74) is 0.918. The van der Waals surface area contributed by atoms with Crippen molar-refractivity contribution in [3.63, 3.8) is 0 Å². The number of hydrogen-bond acceptors (Lipinski definition) is 6. The van der Waals surface area contributed by atoms with Crippen LogP contribution in [0, 0.1) is 0 Å². The Morgan fingerprint density at radius 3 is 3.00 bits per heavy atom. The van der Waals surface area contributed by atoms with Crippen molar-refractivity contribution in [3.05, 3.63) is 53.4 Å². The van der Waals surface area contributed by atoms with Gasteiger partial charge < -0.3 is 5.32 Å². The Morgan fingerprint density at radius 1 is 1.21 bits per heavy atom. The molecule has 4 rings (SSSR count). The van der Waals surface area contributed by atoms with Crippen molar-refractivity contribution in [1.29, 1.82) is 0 Å². The number of rotatable bonds is 5. The highest BCUT2D eigenvalue weighted by atomic mass is 79.9. The molecule has 24 heavy (non-hydrogen) atoms. The summed E-state index contributed by atoms with van der Waals surface area (Å²) in [4.78, 5) is 10.0. The van der Waals surface area contributed by atoms with E-state index in [1.54, 1.807) is 28.4 Å². The lowest BCUT2D eigenvalue weighted by atomic mass is 10.2. The second kappa shape index (κ2) is 6.66. The Bertz CT molecular complexity index is 966. The fourth-order valence-corrected chi connectivity index (χ4v) is 4.03. The average molecular weight is 401 g/mol. The molecule has 0 unspecified atom stereocenters. The first kappa shape index (κ1) is 15.2. The van der Waals surface area contributed by atoms with E-state index in [1.165, 1.54) is 10.1 Å². The van der Waals surface area contributed by atoms with Gasteiger partial charge >= 0.3 is 0 Å². The van der Waals surface area contributed by atoms with Crippen LogP contribution in [0.3, 0.4) is 0 Å². The molecule has 1 aromatic carbocycles. The molecule has 0 aliphatic rings. The number of aromatic nitrogens is 5. The SMILES string of the molecule is Brc1cccc2cc(-c3ccnc(NCCn4ccnn4)n3)sc12. The molecule has 1 N–H and O–H groups in total. The maximum absolute atomic E-state index is 4.61. The Labute approximate surface area is 150 Å². The summed E-state index contributed by atoms with van der Waals surface area (Å²) >= 11 is 5.32. The summed E-state index contributed by atoms with van der Waals surface area (Å²) in [7, 11) is 0. The fourth-order valence-electron chi connectivity index (χ4n) is 2.37. The standard InChI is InChI=1S/C16H13BrN6S/c17-12-3-1-2-11-10-14(24-15(11)12)13-4-5-18-16(21-13)19-6-8-23-9-7-20-22-23/h1-5,7,9-10H,6,8H2,(H,18,19,21). The van der Waals surface area contributed by atoms with Crippen molar-refractivity contribution < 1.29 is 0 Å². The van der Waals surface area contributed by atoms with Crippen molar-refractivity contribution in [2.45, 2.75) is 6.54 Å². The molecule has 0 aliphatic carbocycles. The second-order valence-corrected chi connectivity index (χ2v) is 7.03. The van der Waals surface area contributed by atoms with Gasteiger partial charge in [-0.1, -0.05) is 17.3 Å². The van der Waals surface area contributed by atoms with Gasteiger partial charge in [0.1, 0.15) is 0 Å². The molecule has 6 nitrogen and oxygen atoms in total. The second-order valence-electron chi connectivity index (χ2n) is 5.13. The lowest BCUT2D eigenvalue weighted by Crippen LogP contribution is -2.12. The quantitative estimate of drug-likeness (QED) is 0.551. The summed E-state index contributed by atoms with van der Waals surface area (Å²) < 4.78 is 4.10. The van der Waals surface area contributed by atoms with E-state index in [1.807, 2.05) is 18.3 Å². The molecular weight excluding hydrogens is 388 g/mol. The topological polar surface area (TPSA) is 68.5 Å². The molecule has 8 heteroatoms. The first-order valence-corrected chi connectivity index (χ1v) is 9.00. The summed E-state index contributed by atoms with van der Waals surface area (Å²) in [5, 5.41) is 12.1. The molecule has 3 aromatic heterocycles. The summed E-state index contributed by atoms with van der Waals surface area (Å²) in [6.07, 6.45) is 5.27. The zero-order chi connectivity index (χ0) is 16.4. The number of anilines is 1. The monoisotopic (exact) mass is 400 g/mol. The largest absolute Gasteiger partial charge is 0.352 e. The van der Waals surface area contributed by atoms with Crippen LogP contribution in [0.4, 0.5) is 5.95 Å². The van der Waals surface area contributed by atoms with Gasteiger partial charge in [0.25, 0.3) is 0 Å². The molecule has 3 heterocycles. The van der Waals surface area contributed by atoms with E-state index in [4.69, 9.17) is 0 Å². The van der Waals surface area contributed by atoms with Crippen molar-refractivity contribution in [2.75, 3.05) is 11.9 Å². The molecule has 120 valence electrons. The van der Waals surface area contributed by atoms with Crippen LogP contribution in [0.1, 0.15) is 0 Å². The third-order valence-electron chi connectivity index (χ3n) is 3.50. The van der Waals surface area contributed by atoms with E-state index in [9.17, 15) is 0 Å². The number of benzene rings is 1. The van der Waals surface area contributed by atoms with Crippen LogP contribution in [0.5, 0.6) is 0 Å². The molecule has 0 bridgehead atoms. The van der Waals surface area contributed by atoms with Gasteiger partial charge in [-0.05, 0) is 39.5 Å². The van der Waals surface area contributed by atoms with Crippen LogP contribution in [-0.2, 0) is 6.54 Å².